The summed E-state index contributed by atoms with van der Waals surface area (Å²) >= 11 is 0. The minimum absolute atomic E-state index is 0.103. The number of aromatic nitrogens is 1. The maximum absolute atomic E-state index is 15.1. The number of hydrogen-bond acceptors (Lipinski definition) is 8. The van der Waals surface area contributed by atoms with Crippen LogP contribution in [0.15, 0.2) is 53.5 Å². The molecule has 0 unspecified atom stereocenters. The lowest BCUT2D eigenvalue weighted by molar-refractivity contribution is -0.121. The highest BCUT2D eigenvalue weighted by atomic mass is 19.1. The molecule has 5 rings (SSSR count). The summed E-state index contributed by atoms with van der Waals surface area (Å²) in [4.78, 5) is 60.4. The van der Waals surface area contributed by atoms with Crippen molar-refractivity contribution >= 4 is 40.9 Å². The highest BCUT2D eigenvalue weighted by Crippen LogP contribution is 2.38. The Kier molecular flexibility index (Phi) is 10.3. The van der Waals surface area contributed by atoms with Crippen molar-refractivity contribution < 1.29 is 33.4 Å². The average molecular weight is 580 g/mol. The molecule has 11 heteroatoms. The second kappa shape index (κ2) is 14.1. The molecule has 3 aromatic rings. The summed E-state index contributed by atoms with van der Waals surface area (Å²) in [5.41, 5.74) is 0.726. The van der Waals surface area contributed by atoms with E-state index in [1.165, 1.54) is 19.4 Å². The third kappa shape index (κ3) is 7.34. The fraction of sp³-hybridized carbons (Fsp3) is 0.387. The fourth-order valence-electron chi connectivity index (χ4n) is 4.95. The topological polar surface area (TPSA) is 126 Å². The lowest BCUT2D eigenvalue weighted by atomic mass is 10.1. The number of carboxylic acids is 1. The first-order valence-electron chi connectivity index (χ1n) is 13.8. The van der Waals surface area contributed by atoms with Crippen molar-refractivity contribution in [3.05, 3.63) is 75.8 Å². The van der Waals surface area contributed by atoms with Gasteiger partial charge in [-0.2, -0.15) is 0 Å². The van der Waals surface area contributed by atoms with Crippen molar-refractivity contribution in [3.63, 3.8) is 0 Å². The molecule has 1 aliphatic heterocycles. The Balaban J connectivity index is 0.000000446. The molecule has 1 saturated heterocycles. The van der Waals surface area contributed by atoms with Gasteiger partial charge in [-0.1, -0.05) is 30.3 Å². The van der Waals surface area contributed by atoms with E-state index >= 15 is 4.39 Å². The number of ether oxygens (including phenoxy) is 1. The van der Waals surface area contributed by atoms with Crippen molar-refractivity contribution in [2.75, 3.05) is 51.3 Å². The summed E-state index contributed by atoms with van der Waals surface area (Å²) in [7, 11) is 1.44. The maximum Gasteiger partial charge on any atom is 0.341 e. The number of pyridine rings is 1. The highest BCUT2D eigenvalue weighted by molar-refractivity contribution is 5.96. The third-order valence-electron chi connectivity index (χ3n) is 7.44. The van der Waals surface area contributed by atoms with Crippen LogP contribution < -0.4 is 10.3 Å². The normalized spacial score (nSPS) is 15.3. The van der Waals surface area contributed by atoms with E-state index in [9.17, 15) is 29.1 Å². The lowest BCUT2D eigenvalue weighted by Crippen LogP contribution is -2.47. The van der Waals surface area contributed by atoms with Gasteiger partial charge in [0.1, 0.15) is 24.0 Å². The molecule has 2 aromatic carbocycles. The van der Waals surface area contributed by atoms with Gasteiger partial charge in [-0.25, -0.2) is 9.18 Å². The number of carboxylic acid groups (broad SMARTS) is 1. The first-order chi connectivity index (χ1) is 20.3. The molecule has 2 heterocycles. The highest BCUT2D eigenvalue weighted by Gasteiger charge is 2.28. The minimum Gasteiger partial charge on any atom is -0.477 e. The quantitative estimate of drug-likeness (QED) is 0.207. The molecule has 10 nitrogen and oxygen atoms in total. The maximum atomic E-state index is 15.1. The van der Waals surface area contributed by atoms with E-state index in [1.807, 2.05) is 39.8 Å². The van der Waals surface area contributed by atoms with E-state index in [-0.39, 0.29) is 29.4 Å². The zero-order valence-electron chi connectivity index (χ0n) is 23.4. The number of methoxy groups -OCH3 is 1. The van der Waals surface area contributed by atoms with Crippen molar-refractivity contribution in [3.8, 4) is 0 Å². The number of Topliss-reactive ketones (excluding diaryl/α,β-unsaturated/α-hetero) is 1. The van der Waals surface area contributed by atoms with Gasteiger partial charge in [0.15, 0.2) is 5.78 Å². The van der Waals surface area contributed by atoms with Gasteiger partial charge in [-0.15, -0.1) is 0 Å². The number of benzene rings is 2. The smallest absolute Gasteiger partial charge is 0.341 e. The summed E-state index contributed by atoms with van der Waals surface area (Å²) in [6.45, 7) is 3.44. The molecule has 2 aliphatic rings. The number of hydrogen-bond donors (Lipinski definition) is 1. The monoisotopic (exact) mass is 579 g/mol. The van der Waals surface area contributed by atoms with Crippen molar-refractivity contribution in [1.82, 2.24) is 9.47 Å². The number of halogens is 1. The summed E-state index contributed by atoms with van der Waals surface area (Å²) < 4.78 is 21.4. The van der Waals surface area contributed by atoms with Crippen molar-refractivity contribution in [2.24, 2.45) is 5.92 Å². The van der Waals surface area contributed by atoms with Crippen LogP contribution in [0, 0.1) is 11.7 Å². The standard InChI is InChI=1S/C26H26FN3O4.C5H8O3/c27-21-14-19-22(30(18-6-7-18)16-20(25(19)32)26(33)34)15-23(21)29-12-10-28(11-13-29)9-8-24(31)17-4-2-1-3-5-17;1-8-4-5(2-6)3-7/h1-5,14-16,18H,6-13H2,(H,33,34);2-3,5H,4H2,1H3. The Morgan fingerprint density at radius 2 is 1.74 bits per heavy atom. The van der Waals surface area contributed by atoms with Gasteiger partial charge in [-0.05, 0) is 25.0 Å². The van der Waals surface area contributed by atoms with E-state index in [4.69, 9.17) is 0 Å². The van der Waals surface area contributed by atoms with Crippen LogP contribution in [0.4, 0.5) is 10.1 Å². The Labute approximate surface area is 242 Å². The molecule has 0 amide bonds. The number of ketones is 1. The average Bonchev–Trinajstić information content (AvgIpc) is 3.85. The number of carbonyl (C=O) groups excluding carboxylic acids is 3. The van der Waals surface area contributed by atoms with Gasteiger partial charge >= 0.3 is 5.97 Å². The van der Waals surface area contributed by atoms with Gasteiger partial charge in [0.05, 0.1) is 23.7 Å². The number of aromatic carboxylic acids is 1. The number of nitrogens with zero attached hydrogens (tertiary/aromatic N) is 3. The van der Waals surface area contributed by atoms with Crippen LogP contribution in [-0.4, -0.2) is 85.3 Å². The molecule has 1 aliphatic carbocycles. The number of anilines is 1. The van der Waals surface area contributed by atoms with Crippen LogP contribution in [0.2, 0.25) is 0 Å². The largest absolute Gasteiger partial charge is 0.477 e. The Hall–Kier alpha value is -4.22. The van der Waals surface area contributed by atoms with E-state index in [0.717, 1.165) is 12.8 Å². The number of aldehydes is 2. The third-order valence-corrected chi connectivity index (χ3v) is 7.44. The molecular weight excluding hydrogens is 545 g/mol. The molecule has 0 bridgehead atoms. The number of piperazine rings is 1. The van der Waals surface area contributed by atoms with Gasteiger partial charge in [0.25, 0.3) is 0 Å². The second-order valence-corrected chi connectivity index (χ2v) is 10.4. The number of rotatable bonds is 11. The van der Waals surface area contributed by atoms with Crippen LogP contribution >= 0.6 is 0 Å². The number of fused-ring (bicyclic) bond motifs is 1. The Bertz CT molecular complexity index is 1490. The summed E-state index contributed by atoms with van der Waals surface area (Å²) in [5.74, 6) is -2.29. The fourth-order valence-corrected chi connectivity index (χ4v) is 4.95. The zero-order valence-corrected chi connectivity index (χ0v) is 23.4. The molecule has 42 heavy (non-hydrogen) atoms. The molecule has 0 atom stereocenters. The van der Waals surface area contributed by atoms with Gasteiger partial charge < -0.3 is 28.9 Å². The van der Waals surface area contributed by atoms with Crippen LogP contribution in [0.3, 0.4) is 0 Å². The molecule has 1 N–H and O–H groups in total. The predicted octanol–water partition coefficient (Wildman–Crippen LogP) is 3.22. The van der Waals surface area contributed by atoms with Crippen molar-refractivity contribution in [1.29, 1.82) is 0 Å². The molecule has 2 fully saturated rings. The summed E-state index contributed by atoms with van der Waals surface area (Å²) in [6, 6.07) is 12.3. The van der Waals surface area contributed by atoms with Crippen LogP contribution in [0.25, 0.3) is 10.9 Å². The van der Waals surface area contributed by atoms with Gasteiger partial charge in [0, 0.05) is 69.4 Å². The Morgan fingerprint density at radius 1 is 1.07 bits per heavy atom. The minimum atomic E-state index is -1.30. The van der Waals surface area contributed by atoms with E-state index in [0.29, 0.717) is 68.5 Å². The summed E-state index contributed by atoms with van der Waals surface area (Å²) in [6.07, 6.45) is 4.78. The number of carbonyl (C=O) groups is 4. The van der Waals surface area contributed by atoms with Crippen molar-refractivity contribution in [2.45, 2.75) is 25.3 Å². The zero-order chi connectivity index (χ0) is 30.2. The molecule has 0 spiro atoms. The van der Waals surface area contributed by atoms with Crippen LogP contribution in [0.5, 0.6) is 0 Å². The first-order valence-corrected chi connectivity index (χ1v) is 13.8. The second-order valence-electron chi connectivity index (χ2n) is 10.4. The van der Waals surface area contributed by atoms with Gasteiger partial charge in [-0.3, -0.25) is 14.5 Å². The molecule has 1 saturated carbocycles. The van der Waals surface area contributed by atoms with E-state index in [1.54, 1.807) is 6.07 Å². The molecule has 0 radical (unpaired) electrons. The predicted molar refractivity (Wildman–Crippen MR) is 155 cm³/mol. The van der Waals surface area contributed by atoms with E-state index in [2.05, 4.69) is 9.64 Å². The van der Waals surface area contributed by atoms with E-state index < -0.39 is 23.1 Å². The Morgan fingerprint density at radius 3 is 2.29 bits per heavy atom. The first kappa shape index (κ1) is 30.7. The summed E-state index contributed by atoms with van der Waals surface area (Å²) in [5, 5.41) is 9.51. The van der Waals surface area contributed by atoms with Crippen LogP contribution in [-0.2, 0) is 14.3 Å². The van der Waals surface area contributed by atoms with Crippen LogP contribution in [0.1, 0.15) is 46.0 Å². The molecular formula is C31H34FN3O7. The lowest BCUT2D eigenvalue weighted by Gasteiger charge is -2.36. The molecule has 1 aromatic heterocycles. The van der Waals surface area contributed by atoms with Gasteiger partial charge in [0.2, 0.25) is 5.43 Å². The molecule has 222 valence electrons. The SMILES string of the molecule is COCC(C=O)C=O.O=C(CCN1CCN(c2cc3c(cc2F)c(=O)c(C(=O)O)cn3C2CC2)CC1)c1ccccc1.